The van der Waals surface area contributed by atoms with Crippen LogP contribution in [0.4, 0.5) is 0 Å². The monoisotopic (exact) mass is 231 g/mol. The van der Waals surface area contributed by atoms with E-state index in [0.29, 0.717) is 12.3 Å². The van der Waals surface area contributed by atoms with Gasteiger partial charge < -0.3 is 14.7 Å². The highest BCUT2D eigenvalue weighted by Crippen LogP contribution is 2.01. The van der Waals surface area contributed by atoms with Crippen molar-refractivity contribution in [1.29, 1.82) is 0 Å². The Morgan fingerprint density at radius 3 is 3.24 bits per heavy atom. The largest absolute Gasteiger partial charge is 0.465 e. The molecule has 2 heterocycles. The minimum atomic E-state index is -0.138. The molecule has 0 radical (unpaired) electrons. The lowest BCUT2D eigenvalue weighted by atomic mass is 10.3. The van der Waals surface area contributed by atoms with Gasteiger partial charge in [-0.15, -0.1) is 0 Å². The molecule has 0 spiro atoms. The van der Waals surface area contributed by atoms with Gasteiger partial charge in [0.25, 0.3) is 0 Å². The van der Waals surface area contributed by atoms with Crippen LogP contribution in [0.1, 0.15) is 11.5 Å². The summed E-state index contributed by atoms with van der Waals surface area (Å²) in [4.78, 5) is 18.3. The lowest BCUT2D eigenvalue weighted by Gasteiger charge is -1.99. The van der Waals surface area contributed by atoms with E-state index in [2.05, 4.69) is 15.3 Å². The summed E-state index contributed by atoms with van der Waals surface area (Å²) in [6.07, 6.45) is 8.74. The molecular weight excluding hydrogens is 218 g/mol. The van der Waals surface area contributed by atoms with Crippen molar-refractivity contribution in [2.75, 3.05) is 6.54 Å². The lowest BCUT2D eigenvalue weighted by molar-refractivity contribution is -0.116. The summed E-state index contributed by atoms with van der Waals surface area (Å²) in [5, 5.41) is 2.77. The van der Waals surface area contributed by atoms with Gasteiger partial charge in [-0.05, 0) is 18.2 Å². The molecule has 0 bridgehead atoms. The predicted octanol–water partition coefficient (Wildman–Crippen LogP) is 1.37. The summed E-state index contributed by atoms with van der Waals surface area (Å²) >= 11 is 0. The van der Waals surface area contributed by atoms with Gasteiger partial charge in [0, 0.05) is 30.9 Å². The van der Waals surface area contributed by atoms with Crippen LogP contribution in [0.5, 0.6) is 0 Å². The number of carbonyl (C=O) groups is 1. The Hall–Kier alpha value is -2.30. The van der Waals surface area contributed by atoms with Crippen LogP contribution in [0, 0.1) is 0 Å². The second kappa shape index (κ2) is 5.69. The van der Waals surface area contributed by atoms with Crippen molar-refractivity contribution in [3.05, 3.63) is 48.5 Å². The Bertz CT molecular complexity index is 472. The predicted molar refractivity (Wildman–Crippen MR) is 63.0 cm³/mol. The number of H-pyrrole nitrogens is 1. The summed E-state index contributed by atoms with van der Waals surface area (Å²) in [6.45, 7) is 0.573. The van der Waals surface area contributed by atoms with Gasteiger partial charge in [-0.25, -0.2) is 4.98 Å². The molecule has 0 aliphatic heterocycles. The Labute approximate surface area is 98.6 Å². The van der Waals surface area contributed by atoms with E-state index in [4.69, 9.17) is 4.42 Å². The Morgan fingerprint density at radius 1 is 1.59 bits per heavy atom. The van der Waals surface area contributed by atoms with Crippen LogP contribution in [0.3, 0.4) is 0 Å². The molecule has 0 aliphatic rings. The van der Waals surface area contributed by atoms with Gasteiger partial charge in [-0.3, -0.25) is 4.79 Å². The number of rotatable bonds is 5. The molecule has 0 atom stereocenters. The minimum absolute atomic E-state index is 0.138. The van der Waals surface area contributed by atoms with E-state index in [1.54, 1.807) is 37.0 Å². The van der Waals surface area contributed by atoms with Crippen molar-refractivity contribution in [1.82, 2.24) is 15.3 Å². The second-order valence-electron chi connectivity index (χ2n) is 3.47. The summed E-state index contributed by atoms with van der Waals surface area (Å²) in [5.74, 6) is 0.523. The van der Waals surface area contributed by atoms with Crippen LogP contribution in [-0.2, 0) is 11.2 Å². The Balaban J connectivity index is 1.71. The molecule has 2 N–H and O–H groups in total. The zero-order valence-corrected chi connectivity index (χ0v) is 9.22. The normalized spacial score (nSPS) is 10.8. The molecule has 2 aromatic rings. The minimum Gasteiger partial charge on any atom is -0.465 e. The maximum absolute atomic E-state index is 11.4. The Morgan fingerprint density at radius 2 is 2.53 bits per heavy atom. The summed E-state index contributed by atoms with van der Waals surface area (Å²) < 4.78 is 5.07. The van der Waals surface area contributed by atoms with Crippen molar-refractivity contribution in [2.45, 2.75) is 6.42 Å². The Kier molecular flexibility index (Phi) is 3.75. The SMILES string of the molecule is O=C(C=Cc1ccco1)NCCc1cnc[nH]1. The molecule has 2 rings (SSSR count). The van der Waals surface area contributed by atoms with Crippen LogP contribution in [0.25, 0.3) is 6.08 Å². The average molecular weight is 231 g/mol. The van der Waals surface area contributed by atoms with Crippen molar-refractivity contribution in [2.24, 2.45) is 0 Å². The number of carbonyl (C=O) groups excluding carboxylic acids is 1. The molecule has 2 aromatic heterocycles. The van der Waals surface area contributed by atoms with Gasteiger partial charge in [0.1, 0.15) is 5.76 Å². The number of imidazole rings is 1. The third-order valence-corrected chi connectivity index (χ3v) is 2.19. The molecular formula is C12H13N3O2. The van der Waals surface area contributed by atoms with Gasteiger partial charge in [0.15, 0.2) is 0 Å². The molecule has 5 heteroatoms. The quantitative estimate of drug-likeness (QED) is 0.763. The average Bonchev–Trinajstić information content (AvgIpc) is 2.99. The van der Waals surface area contributed by atoms with Crippen molar-refractivity contribution < 1.29 is 9.21 Å². The first kappa shape index (κ1) is 11.2. The third kappa shape index (κ3) is 3.64. The van der Waals surface area contributed by atoms with Gasteiger partial charge in [0.2, 0.25) is 5.91 Å². The maximum Gasteiger partial charge on any atom is 0.244 e. The van der Waals surface area contributed by atoms with E-state index in [1.807, 2.05) is 0 Å². The van der Waals surface area contributed by atoms with Crippen LogP contribution in [-0.4, -0.2) is 22.4 Å². The molecule has 1 amide bonds. The fourth-order valence-electron chi connectivity index (χ4n) is 1.34. The highest BCUT2D eigenvalue weighted by atomic mass is 16.3. The summed E-state index contributed by atoms with van der Waals surface area (Å²) in [7, 11) is 0. The number of hydrogen-bond donors (Lipinski definition) is 2. The fraction of sp³-hybridized carbons (Fsp3) is 0.167. The number of aromatic amines is 1. The van der Waals surface area contributed by atoms with Crippen LogP contribution in [0.15, 0.2) is 41.4 Å². The number of nitrogens with zero attached hydrogens (tertiary/aromatic N) is 1. The molecule has 0 unspecified atom stereocenters. The first-order chi connectivity index (χ1) is 8.34. The molecule has 0 saturated carbocycles. The van der Waals surface area contributed by atoms with E-state index < -0.39 is 0 Å². The molecule has 0 saturated heterocycles. The number of amides is 1. The van der Waals surface area contributed by atoms with Crippen LogP contribution < -0.4 is 5.32 Å². The first-order valence-electron chi connectivity index (χ1n) is 5.31. The zero-order valence-electron chi connectivity index (χ0n) is 9.22. The van der Waals surface area contributed by atoms with Crippen LogP contribution in [0.2, 0.25) is 0 Å². The molecule has 5 nitrogen and oxygen atoms in total. The van der Waals surface area contributed by atoms with E-state index in [0.717, 1.165) is 12.1 Å². The highest BCUT2D eigenvalue weighted by Gasteiger charge is 1.97. The van der Waals surface area contributed by atoms with Crippen molar-refractivity contribution in [3.8, 4) is 0 Å². The highest BCUT2D eigenvalue weighted by molar-refractivity contribution is 5.91. The second-order valence-corrected chi connectivity index (χ2v) is 3.47. The maximum atomic E-state index is 11.4. The standard InChI is InChI=1S/C12H13N3O2/c16-12(4-3-11-2-1-7-17-11)14-6-5-10-8-13-9-15-10/h1-4,7-9H,5-6H2,(H,13,15)(H,14,16). The number of furan rings is 1. The smallest absolute Gasteiger partial charge is 0.244 e. The zero-order chi connectivity index (χ0) is 11.9. The molecule has 0 fully saturated rings. The summed E-state index contributed by atoms with van der Waals surface area (Å²) in [5.41, 5.74) is 1.00. The molecule has 0 aromatic carbocycles. The number of aromatic nitrogens is 2. The molecule has 17 heavy (non-hydrogen) atoms. The van der Waals surface area contributed by atoms with Gasteiger partial charge in [-0.1, -0.05) is 0 Å². The third-order valence-electron chi connectivity index (χ3n) is 2.19. The van der Waals surface area contributed by atoms with Gasteiger partial charge in [-0.2, -0.15) is 0 Å². The van der Waals surface area contributed by atoms with E-state index in [1.165, 1.54) is 6.08 Å². The topological polar surface area (TPSA) is 70.9 Å². The van der Waals surface area contributed by atoms with Crippen LogP contribution >= 0.6 is 0 Å². The fourth-order valence-corrected chi connectivity index (χ4v) is 1.34. The van der Waals surface area contributed by atoms with E-state index >= 15 is 0 Å². The number of hydrogen-bond acceptors (Lipinski definition) is 3. The van der Waals surface area contributed by atoms with Crippen molar-refractivity contribution >= 4 is 12.0 Å². The first-order valence-corrected chi connectivity index (χ1v) is 5.31. The van der Waals surface area contributed by atoms with Gasteiger partial charge >= 0.3 is 0 Å². The summed E-state index contributed by atoms with van der Waals surface area (Å²) in [6, 6.07) is 3.56. The van der Waals surface area contributed by atoms with E-state index in [9.17, 15) is 4.79 Å². The number of nitrogens with one attached hydrogen (secondary N) is 2. The van der Waals surface area contributed by atoms with Crippen molar-refractivity contribution in [3.63, 3.8) is 0 Å². The van der Waals surface area contributed by atoms with Gasteiger partial charge in [0.05, 0.1) is 12.6 Å². The lowest BCUT2D eigenvalue weighted by Crippen LogP contribution is -2.23. The molecule has 88 valence electrons. The van der Waals surface area contributed by atoms with E-state index in [-0.39, 0.29) is 5.91 Å². The molecule has 0 aliphatic carbocycles.